The standard InChI is InChI=1S/C19H20N6O2/c1-24(2)19-22-16-11-25(7-6-15(16)17(26)23-19)18(27)13-5-3-4-12(8-13)14-9-20-21-10-14/h3-5,8-10H,6-7,11H2,1-2H3,(H,20,21)(H,22,23,26). The number of carbonyl (C=O) groups is 1. The van der Waals surface area contributed by atoms with E-state index in [1.165, 1.54) is 0 Å². The number of benzene rings is 1. The van der Waals surface area contributed by atoms with Crippen molar-refractivity contribution in [1.29, 1.82) is 0 Å². The van der Waals surface area contributed by atoms with Gasteiger partial charge < -0.3 is 9.80 Å². The lowest BCUT2D eigenvalue weighted by Crippen LogP contribution is -2.39. The van der Waals surface area contributed by atoms with Crippen LogP contribution in [0.15, 0.2) is 41.5 Å². The summed E-state index contributed by atoms with van der Waals surface area (Å²) in [6.45, 7) is 0.822. The first-order valence-corrected chi connectivity index (χ1v) is 8.71. The Morgan fingerprint density at radius 3 is 2.85 bits per heavy atom. The molecular formula is C19H20N6O2. The number of nitrogens with zero attached hydrogens (tertiary/aromatic N) is 4. The Morgan fingerprint density at radius 2 is 2.11 bits per heavy atom. The lowest BCUT2D eigenvalue weighted by molar-refractivity contribution is 0.0731. The van der Waals surface area contributed by atoms with Gasteiger partial charge in [-0.05, 0) is 24.1 Å². The van der Waals surface area contributed by atoms with Gasteiger partial charge in [-0.1, -0.05) is 12.1 Å². The van der Waals surface area contributed by atoms with E-state index < -0.39 is 0 Å². The van der Waals surface area contributed by atoms with Crippen LogP contribution in [0.5, 0.6) is 0 Å². The fraction of sp³-hybridized carbons (Fsp3) is 0.263. The topological polar surface area (TPSA) is 98.0 Å². The predicted molar refractivity (Wildman–Crippen MR) is 102 cm³/mol. The second-order valence-corrected chi connectivity index (χ2v) is 6.75. The minimum Gasteiger partial charge on any atom is -0.348 e. The molecule has 0 radical (unpaired) electrons. The number of aromatic nitrogens is 4. The van der Waals surface area contributed by atoms with E-state index >= 15 is 0 Å². The fourth-order valence-electron chi connectivity index (χ4n) is 3.23. The third-order valence-corrected chi connectivity index (χ3v) is 4.71. The number of anilines is 1. The lowest BCUT2D eigenvalue weighted by atomic mass is 10.0. The summed E-state index contributed by atoms with van der Waals surface area (Å²) in [6, 6.07) is 7.47. The van der Waals surface area contributed by atoms with E-state index in [1.807, 2.05) is 32.3 Å². The van der Waals surface area contributed by atoms with E-state index in [0.717, 1.165) is 11.1 Å². The molecule has 2 aromatic heterocycles. The average molecular weight is 364 g/mol. The molecule has 8 heteroatoms. The van der Waals surface area contributed by atoms with Gasteiger partial charge in [-0.3, -0.25) is 19.7 Å². The zero-order chi connectivity index (χ0) is 19.0. The number of nitrogens with one attached hydrogen (secondary N) is 2. The van der Waals surface area contributed by atoms with Crippen molar-refractivity contribution in [2.75, 3.05) is 25.5 Å². The predicted octanol–water partition coefficient (Wildman–Crippen LogP) is 1.42. The highest BCUT2D eigenvalue weighted by Crippen LogP contribution is 2.22. The number of carbonyl (C=O) groups excluding carboxylic acids is 1. The zero-order valence-electron chi connectivity index (χ0n) is 15.2. The van der Waals surface area contributed by atoms with Crippen LogP contribution in [0.2, 0.25) is 0 Å². The largest absolute Gasteiger partial charge is 0.348 e. The summed E-state index contributed by atoms with van der Waals surface area (Å²) >= 11 is 0. The second kappa shape index (κ2) is 6.71. The number of aromatic amines is 2. The third kappa shape index (κ3) is 3.21. The third-order valence-electron chi connectivity index (χ3n) is 4.71. The van der Waals surface area contributed by atoms with Gasteiger partial charge in [0.25, 0.3) is 11.5 Å². The minimum absolute atomic E-state index is 0.0699. The van der Waals surface area contributed by atoms with Crippen molar-refractivity contribution in [2.45, 2.75) is 13.0 Å². The average Bonchev–Trinajstić information content (AvgIpc) is 3.22. The summed E-state index contributed by atoms with van der Waals surface area (Å²) in [5.41, 5.74) is 3.66. The van der Waals surface area contributed by atoms with Gasteiger partial charge in [-0.25, -0.2) is 4.98 Å². The first kappa shape index (κ1) is 17.0. The van der Waals surface area contributed by atoms with Crippen LogP contribution in [0, 0.1) is 0 Å². The molecule has 1 aliphatic rings. The minimum atomic E-state index is -0.127. The van der Waals surface area contributed by atoms with E-state index in [2.05, 4.69) is 20.2 Å². The number of H-pyrrole nitrogens is 2. The molecule has 0 spiro atoms. The monoisotopic (exact) mass is 364 g/mol. The van der Waals surface area contributed by atoms with Crippen LogP contribution in [-0.4, -0.2) is 51.6 Å². The van der Waals surface area contributed by atoms with Crippen LogP contribution in [0.4, 0.5) is 5.95 Å². The number of hydrogen-bond acceptors (Lipinski definition) is 5. The molecule has 4 rings (SSSR count). The molecule has 138 valence electrons. The van der Waals surface area contributed by atoms with Crippen LogP contribution in [0.1, 0.15) is 21.6 Å². The van der Waals surface area contributed by atoms with Gasteiger partial charge in [0.2, 0.25) is 5.95 Å². The van der Waals surface area contributed by atoms with Crippen LogP contribution in [0.3, 0.4) is 0 Å². The molecule has 1 aromatic carbocycles. The van der Waals surface area contributed by atoms with E-state index in [-0.39, 0.29) is 11.5 Å². The van der Waals surface area contributed by atoms with E-state index in [4.69, 9.17) is 0 Å². The maximum atomic E-state index is 13.0. The van der Waals surface area contributed by atoms with Crippen LogP contribution >= 0.6 is 0 Å². The SMILES string of the molecule is CN(C)c1nc2c(c(=O)[nH]1)CCN(C(=O)c1cccc(-c3cn[nH]c3)c1)C2. The highest BCUT2D eigenvalue weighted by atomic mass is 16.2. The van der Waals surface area contributed by atoms with Gasteiger partial charge in [0.1, 0.15) is 0 Å². The van der Waals surface area contributed by atoms with Crippen LogP contribution in [-0.2, 0) is 13.0 Å². The quantitative estimate of drug-likeness (QED) is 0.733. The van der Waals surface area contributed by atoms with E-state index in [1.54, 1.807) is 28.3 Å². The molecule has 0 aliphatic carbocycles. The molecule has 1 aliphatic heterocycles. The molecular weight excluding hydrogens is 344 g/mol. The maximum Gasteiger partial charge on any atom is 0.255 e. The molecule has 8 nitrogen and oxygen atoms in total. The first-order valence-electron chi connectivity index (χ1n) is 8.71. The van der Waals surface area contributed by atoms with Gasteiger partial charge in [0.15, 0.2) is 0 Å². The number of hydrogen-bond donors (Lipinski definition) is 2. The molecule has 0 saturated carbocycles. The number of amides is 1. The van der Waals surface area contributed by atoms with Crippen molar-refractivity contribution in [3.05, 3.63) is 63.8 Å². The Balaban J connectivity index is 1.62. The van der Waals surface area contributed by atoms with Gasteiger partial charge in [0, 0.05) is 43.5 Å². The Labute approximate surface area is 155 Å². The Hall–Kier alpha value is -3.42. The van der Waals surface area contributed by atoms with E-state index in [0.29, 0.717) is 42.3 Å². The van der Waals surface area contributed by atoms with Crippen molar-refractivity contribution in [1.82, 2.24) is 25.1 Å². The Bertz CT molecular complexity index is 1040. The molecule has 0 bridgehead atoms. The molecule has 0 fully saturated rings. The number of fused-ring (bicyclic) bond motifs is 1. The highest BCUT2D eigenvalue weighted by molar-refractivity contribution is 5.95. The van der Waals surface area contributed by atoms with Gasteiger partial charge in [-0.2, -0.15) is 5.10 Å². The van der Waals surface area contributed by atoms with Crippen molar-refractivity contribution >= 4 is 11.9 Å². The Morgan fingerprint density at radius 1 is 1.26 bits per heavy atom. The van der Waals surface area contributed by atoms with Gasteiger partial charge >= 0.3 is 0 Å². The summed E-state index contributed by atoms with van der Waals surface area (Å²) in [4.78, 5) is 36.1. The molecule has 27 heavy (non-hydrogen) atoms. The summed E-state index contributed by atoms with van der Waals surface area (Å²) in [6.07, 6.45) is 4.01. The highest BCUT2D eigenvalue weighted by Gasteiger charge is 2.25. The molecule has 0 atom stereocenters. The lowest BCUT2D eigenvalue weighted by Gasteiger charge is -2.28. The van der Waals surface area contributed by atoms with Crippen molar-refractivity contribution < 1.29 is 4.79 Å². The summed E-state index contributed by atoms with van der Waals surface area (Å²) < 4.78 is 0. The molecule has 2 N–H and O–H groups in total. The van der Waals surface area contributed by atoms with Crippen molar-refractivity contribution in [3.63, 3.8) is 0 Å². The first-order chi connectivity index (χ1) is 13.0. The normalized spacial score (nSPS) is 13.3. The van der Waals surface area contributed by atoms with Gasteiger partial charge in [-0.15, -0.1) is 0 Å². The fourth-order valence-corrected chi connectivity index (χ4v) is 3.23. The van der Waals surface area contributed by atoms with Gasteiger partial charge in [0.05, 0.1) is 18.4 Å². The molecule has 1 amide bonds. The van der Waals surface area contributed by atoms with Crippen molar-refractivity contribution in [3.8, 4) is 11.1 Å². The molecule has 0 saturated heterocycles. The Kier molecular flexibility index (Phi) is 4.23. The molecule has 3 aromatic rings. The molecule has 0 unspecified atom stereocenters. The molecule has 3 heterocycles. The van der Waals surface area contributed by atoms with E-state index in [9.17, 15) is 9.59 Å². The zero-order valence-corrected chi connectivity index (χ0v) is 15.2. The summed E-state index contributed by atoms with van der Waals surface area (Å²) in [7, 11) is 3.63. The summed E-state index contributed by atoms with van der Waals surface area (Å²) in [5, 5.41) is 6.73. The maximum absolute atomic E-state index is 13.0. The summed E-state index contributed by atoms with van der Waals surface area (Å²) in [5.74, 6) is 0.425. The van der Waals surface area contributed by atoms with Crippen molar-refractivity contribution in [2.24, 2.45) is 0 Å². The number of rotatable bonds is 3. The smallest absolute Gasteiger partial charge is 0.255 e. The van der Waals surface area contributed by atoms with Crippen LogP contribution < -0.4 is 10.5 Å². The van der Waals surface area contributed by atoms with Crippen LogP contribution in [0.25, 0.3) is 11.1 Å². The second-order valence-electron chi connectivity index (χ2n) is 6.75.